The lowest BCUT2D eigenvalue weighted by atomic mass is 9.54. The number of cyclic esters (lactones) is 2. The summed E-state index contributed by atoms with van der Waals surface area (Å²) < 4.78 is 4.82. The van der Waals surface area contributed by atoms with E-state index in [1.165, 1.54) is 0 Å². The maximum Gasteiger partial charge on any atom is 0.318 e. The first kappa shape index (κ1) is 13.2. The van der Waals surface area contributed by atoms with Crippen molar-refractivity contribution in [2.75, 3.05) is 5.32 Å². The number of carbonyl (C=O) groups excluding carboxylic acids is 3. The summed E-state index contributed by atoms with van der Waals surface area (Å²) in [4.78, 5) is 36.9. The number of anilines is 1. The minimum absolute atomic E-state index is 0.00958. The largest absolute Gasteiger partial charge is 0.393 e. The molecule has 1 saturated heterocycles. The summed E-state index contributed by atoms with van der Waals surface area (Å²) >= 11 is 0. The Hall–Kier alpha value is -2.43. The number of nitrogens with one attached hydrogen (secondary N) is 1. The Balaban J connectivity index is 1.71. The van der Waals surface area contributed by atoms with E-state index in [1.54, 1.807) is 18.2 Å². The van der Waals surface area contributed by atoms with Crippen LogP contribution >= 0.6 is 0 Å². The van der Waals surface area contributed by atoms with E-state index in [-0.39, 0.29) is 11.8 Å². The molecule has 0 unspecified atom stereocenters. The summed E-state index contributed by atoms with van der Waals surface area (Å²) in [6.07, 6.45) is 4.99. The number of carbonyl (C=O) groups is 3. The van der Waals surface area contributed by atoms with E-state index in [9.17, 15) is 14.4 Å². The van der Waals surface area contributed by atoms with Crippen LogP contribution < -0.4 is 5.32 Å². The fourth-order valence-electron chi connectivity index (χ4n) is 4.00. The van der Waals surface area contributed by atoms with Crippen LogP contribution in [0.15, 0.2) is 42.5 Å². The van der Waals surface area contributed by atoms with Crippen molar-refractivity contribution in [3.8, 4) is 0 Å². The van der Waals surface area contributed by atoms with E-state index >= 15 is 0 Å². The first-order valence-corrected chi connectivity index (χ1v) is 7.43. The van der Waals surface area contributed by atoms with Gasteiger partial charge in [0.1, 0.15) is 0 Å². The molecule has 2 bridgehead atoms. The molecular formula is C17H15NO4. The fourth-order valence-corrected chi connectivity index (χ4v) is 4.00. The van der Waals surface area contributed by atoms with Crippen molar-refractivity contribution < 1.29 is 19.1 Å². The smallest absolute Gasteiger partial charge is 0.318 e. The second kappa shape index (κ2) is 4.53. The molecule has 1 amide bonds. The monoisotopic (exact) mass is 297 g/mol. The molecule has 112 valence electrons. The number of allylic oxidation sites excluding steroid dienone is 1. The summed E-state index contributed by atoms with van der Waals surface area (Å²) in [5, 5.41) is 2.87. The molecule has 1 aromatic carbocycles. The topological polar surface area (TPSA) is 72.5 Å². The van der Waals surface area contributed by atoms with E-state index in [1.807, 2.05) is 24.3 Å². The Bertz CT molecular complexity index is 696. The highest BCUT2D eigenvalue weighted by atomic mass is 16.6. The maximum atomic E-state index is 12.9. The molecule has 0 radical (unpaired) electrons. The normalized spacial score (nSPS) is 35.2. The first-order valence-electron chi connectivity index (χ1n) is 7.43. The average molecular weight is 297 g/mol. The van der Waals surface area contributed by atoms with Crippen LogP contribution in [0.5, 0.6) is 0 Å². The third-order valence-electron chi connectivity index (χ3n) is 5.09. The van der Waals surface area contributed by atoms with E-state index in [0.29, 0.717) is 12.1 Å². The second-order valence-electron chi connectivity index (χ2n) is 6.17. The third kappa shape index (κ3) is 1.68. The van der Waals surface area contributed by atoms with E-state index in [4.69, 9.17) is 4.74 Å². The van der Waals surface area contributed by atoms with E-state index < -0.39 is 29.2 Å². The highest BCUT2D eigenvalue weighted by Crippen LogP contribution is 2.56. The number of hydrogen-bond donors (Lipinski definition) is 1. The van der Waals surface area contributed by atoms with Gasteiger partial charge in [-0.15, -0.1) is 0 Å². The molecule has 1 aliphatic heterocycles. The van der Waals surface area contributed by atoms with Gasteiger partial charge in [-0.05, 0) is 30.9 Å². The highest BCUT2D eigenvalue weighted by Gasteiger charge is 2.64. The lowest BCUT2D eigenvalue weighted by Gasteiger charge is -2.45. The van der Waals surface area contributed by atoms with Crippen molar-refractivity contribution in [2.24, 2.45) is 23.2 Å². The van der Waals surface area contributed by atoms with Crippen molar-refractivity contribution in [1.82, 2.24) is 0 Å². The molecule has 5 heteroatoms. The molecule has 1 saturated carbocycles. The minimum atomic E-state index is -0.974. The Morgan fingerprint density at radius 3 is 2.64 bits per heavy atom. The molecule has 1 heterocycles. The van der Waals surface area contributed by atoms with Crippen molar-refractivity contribution in [2.45, 2.75) is 12.8 Å². The number of hydrogen-bond acceptors (Lipinski definition) is 4. The van der Waals surface area contributed by atoms with Gasteiger partial charge in [0.25, 0.3) is 0 Å². The Morgan fingerprint density at radius 1 is 1.18 bits per heavy atom. The van der Waals surface area contributed by atoms with Gasteiger partial charge in [0.2, 0.25) is 5.91 Å². The van der Waals surface area contributed by atoms with Gasteiger partial charge in [0.15, 0.2) is 0 Å². The highest BCUT2D eigenvalue weighted by molar-refractivity contribution is 6.05. The fraction of sp³-hybridized carbons (Fsp3) is 0.353. The van der Waals surface area contributed by atoms with Gasteiger partial charge in [0, 0.05) is 5.69 Å². The zero-order valence-electron chi connectivity index (χ0n) is 11.8. The van der Waals surface area contributed by atoms with Crippen LogP contribution in [0.25, 0.3) is 0 Å². The van der Waals surface area contributed by atoms with Crippen LogP contribution in [0.2, 0.25) is 0 Å². The van der Waals surface area contributed by atoms with E-state index in [2.05, 4.69) is 5.32 Å². The Morgan fingerprint density at radius 2 is 1.95 bits per heavy atom. The van der Waals surface area contributed by atoms with Gasteiger partial charge >= 0.3 is 11.9 Å². The summed E-state index contributed by atoms with van der Waals surface area (Å²) in [6, 6.07) is 9.11. The molecule has 5 rings (SSSR count). The Kier molecular flexibility index (Phi) is 2.73. The number of rotatable bonds is 2. The molecule has 5 nitrogen and oxygen atoms in total. The average Bonchev–Trinajstić information content (AvgIpc) is 2.87. The first-order chi connectivity index (χ1) is 10.6. The zero-order valence-corrected chi connectivity index (χ0v) is 11.8. The molecule has 2 fully saturated rings. The van der Waals surface area contributed by atoms with Crippen LogP contribution in [-0.4, -0.2) is 17.8 Å². The predicted molar refractivity (Wildman–Crippen MR) is 77.4 cm³/mol. The number of benzene rings is 1. The summed E-state index contributed by atoms with van der Waals surface area (Å²) in [5.74, 6) is -2.47. The summed E-state index contributed by atoms with van der Waals surface area (Å²) in [6.45, 7) is 0. The van der Waals surface area contributed by atoms with Gasteiger partial charge < -0.3 is 10.1 Å². The van der Waals surface area contributed by atoms with Crippen LogP contribution in [0.4, 0.5) is 5.69 Å². The maximum absolute atomic E-state index is 12.9. The molecule has 0 spiro atoms. The summed E-state index contributed by atoms with van der Waals surface area (Å²) in [7, 11) is 0. The van der Waals surface area contributed by atoms with Gasteiger partial charge in [-0.2, -0.15) is 0 Å². The third-order valence-corrected chi connectivity index (χ3v) is 5.09. The number of para-hydroxylation sites is 1. The van der Waals surface area contributed by atoms with Gasteiger partial charge in [-0.3, -0.25) is 14.4 Å². The van der Waals surface area contributed by atoms with Crippen LogP contribution in [0, 0.1) is 23.2 Å². The van der Waals surface area contributed by atoms with Crippen molar-refractivity contribution in [1.29, 1.82) is 0 Å². The van der Waals surface area contributed by atoms with Crippen molar-refractivity contribution in [3.05, 3.63) is 42.5 Å². The quantitative estimate of drug-likeness (QED) is 0.514. The zero-order chi connectivity index (χ0) is 15.3. The lowest BCUT2D eigenvalue weighted by Crippen LogP contribution is -2.52. The summed E-state index contributed by atoms with van der Waals surface area (Å²) in [5.41, 5.74) is -0.296. The van der Waals surface area contributed by atoms with Gasteiger partial charge in [-0.1, -0.05) is 30.4 Å². The molecule has 1 aromatic rings. The van der Waals surface area contributed by atoms with Gasteiger partial charge in [-0.25, -0.2) is 0 Å². The van der Waals surface area contributed by atoms with Crippen LogP contribution in [-0.2, 0) is 19.1 Å². The minimum Gasteiger partial charge on any atom is -0.393 e. The number of fused-ring (bicyclic) bond motifs is 1. The second-order valence-corrected chi connectivity index (χ2v) is 6.17. The standard InChI is InChI=1S/C17H15NO4/c19-14-12-10-6-8-17(9-7-10,13(12)15(20)22-14)16(21)18-11-4-2-1-3-5-11/h1-6,8,10,12-13H,7,9H2,(H,18,21)/t10-,12+,13-,17+/m0/s1. The van der Waals surface area contributed by atoms with Crippen LogP contribution in [0.3, 0.4) is 0 Å². The van der Waals surface area contributed by atoms with E-state index in [0.717, 1.165) is 6.42 Å². The molecule has 3 aliphatic carbocycles. The molecule has 1 N–H and O–H groups in total. The Labute approximate surface area is 127 Å². The van der Waals surface area contributed by atoms with Gasteiger partial charge in [0.05, 0.1) is 17.3 Å². The number of amides is 1. The van der Waals surface area contributed by atoms with Crippen molar-refractivity contribution >= 4 is 23.5 Å². The number of esters is 2. The molecule has 0 aromatic heterocycles. The molecule has 4 atom stereocenters. The molecular weight excluding hydrogens is 282 g/mol. The van der Waals surface area contributed by atoms with Crippen molar-refractivity contribution in [3.63, 3.8) is 0 Å². The number of ether oxygens (including phenoxy) is 1. The molecule has 4 aliphatic rings. The van der Waals surface area contributed by atoms with Crippen LogP contribution in [0.1, 0.15) is 12.8 Å². The predicted octanol–water partition coefficient (Wildman–Crippen LogP) is 1.91. The molecule has 22 heavy (non-hydrogen) atoms. The lowest BCUT2D eigenvalue weighted by molar-refractivity contribution is -0.155. The SMILES string of the molecule is O=C1OC(=O)[C@@H]2[C@H]1[C@H]1C=C[C@@]2(C(=O)Nc2ccccc2)CC1.